The van der Waals surface area contributed by atoms with Gasteiger partial charge in [0.05, 0.1) is 6.10 Å². The Morgan fingerprint density at radius 3 is 3.12 bits per heavy atom. The third-order valence-electron chi connectivity index (χ3n) is 3.42. The Kier molecular flexibility index (Phi) is 3.96. The maximum Gasteiger partial charge on any atom is 0.0588 e. The van der Waals surface area contributed by atoms with Gasteiger partial charge in [0.15, 0.2) is 0 Å². The molecule has 4 heteroatoms. The predicted molar refractivity (Wildman–Crippen MR) is 63.3 cm³/mol. The van der Waals surface area contributed by atoms with E-state index in [4.69, 9.17) is 4.74 Å². The van der Waals surface area contributed by atoms with E-state index in [9.17, 15) is 0 Å². The van der Waals surface area contributed by atoms with Crippen LogP contribution >= 0.6 is 0 Å². The highest BCUT2D eigenvalue weighted by molar-refractivity contribution is 5.00. The average Bonchev–Trinajstić information content (AvgIpc) is 2.84. The van der Waals surface area contributed by atoms with Crippen LogP contribution in [0, 0.1) is 5.92 Å². The molecule has 0 saturated carbocycles. The lowest BCUT2D eigenvalue weighted by Crippen LogP contribution is -2.28. The molecule has 0 spiro atoms. The van der Waals surface area contributed by atoms with E-state index < -0.39 is 0 Å². The first-order chi connectivity index (χ1) is 7.77. The van der Waals surface area contributed by atoms with Crippen LogP contribution in [-0.2, 0) is 18.2 Å². The molecule has 1 aromatic rings. The number of aromatic nitrogens is 2. The predicted octanol–water partition coefficient (Wildman–Crippen LogP) is 0.977. The van der Waals surface area contributed by atoms with Crippen molar-refractivity contribution in [2.45, 2.75) is 25.9 Å². The summed E-state index contributed by atoms with van der Waals surface area (Å²) in [5, 5.41) is 7.66. The van der Waals surface area contributed by atoms with Crippen LogP contribution < -0.4 is 5.32 Å². The van der Waals surface area contributed by atoms with Gasteiger partial charge in [-0.3, -0.25) is 4.68 Å². The standard InChI is InChI=1S/C12H21N3O/c1-10-11(5-8-16-10)9-13-6-3-12-4-7-14-15(12)2/h4,7,10-11,13H,3,5-6,8-9H2,1-2H3. The van der Waals surface area contributed by atoms with Crippen molar-refractivity contribution in [1.29, 1.82) is 0 Å². The van der Waals surface area contributed by atoms with Crippen LogP contribution in [0.3, 0.4) is 0 Å². The van der Waals surface area contributed by atoms with Crippen LogP contribution in [0.15, 0.2) is 12.3 Å². The van der Waals surface area contributed by atoms with E-state index in [1.54, 1.807) is 0 Å². The van der Waals surface area contributed by atoms with Gasteiger partial charge in [-0.2, -0.15) is 5.10 Å². The average molecular weight is 223 g/mol. The second kappa shape index (κ2) is 5.46. The molecular formula is C12H21N3O. The van der Waals surface area contributed by atoms with Gasteiger partial charge in [-0.1, -0.05) is 0 Å². The first-order valence-electron chi connectivity index (χ1n) is 6.06. The topological polar surface area (TPSA) is 39.1 Å². The highest BCUT2D eigenvalue weighted by Crippen LogP contribution is 2.19. The number of aryl methyl sites for hydroxylation is 1. The third kappa shape index (κ3) is 2.83. The van der Waals surface area contributed by atoms with Gasteiger partial charge >= 0.3 is 0 Å². The molecule has 16 heavy (non-hydrogen) atoms. The zero-order chi connectivity index (χ0) is 11.4. The van der Waals surface area contributed by atoms with Gasteiger partial charge in [0, 0.05) is 45.1 Å². The van der Waals surface area contributed by atoms with Crippen molar-refractivity contribution in [2.75, 3.05) is 19.7 Å². The Morgan fingerprint density at radius 2 is 2.50 bits per heavy atom. The zero-order valence-corrected chi connectivity index (χ0v) is 10.1. The molecule has 90 valence electrons. The number of rotatable bonds is 5. The van der Waals surface area contributed by atoms with Gasteiger partial charge in [0.25, 0.3) is 0 Å². The van der Waals surface area contributed by atoms with Crippen molar-refractivity contribution in [3.05, 3.63) is 18.0 Å². The summed E-state index contributed by atoms with van der Waals surface area (Å²) < 4.78 is 7.47. The van der Waals surface area contributed by atoms with Gasteiger partial charge < -0.3 is 10.1 Å². The molecule has 0 aromatic carbocycles. The minimum atomic E-state index is 0.421. The Hall–Kier alpha value is -0.870. The van der Waals surface area contributed by atoms with Gasteiger partial charge in [-0.15, -0.1) is 0 Å². The lowest BCUT2D eigenvalue weighted by molar-refractivity contribution is 0.105. The van der Waals surface area contributed by atoms with Gasteiger partial charge in [0.1, 0.15) is 0 Å². The van der Waals surface area contributed by atoms with Crippen molar-refractivity contribution in [2.24, 2.45) is 13.0 Å². The zero-order valence-electron chi connectivity index (χ0n) is 10.1. The third-order valence-corrected chi connectivity index (χ3v) is 3.42. The van der Waals surface area contributed by atoms with Crippen molar-refractivity contribution in [3.63, 3.8) is 0 Å². The van der Waals surface area contributed by atoms with Gasteiger partial charge in [-0.05, 0) is 25.3 Å². The Morgan fingerprint density at radius 1 is 1.62 bits per heavy atom. The number of hydrogen-bond donors (Lipinski definition) is 1. The molecule has 1 saturated heterocycles. The molecule has 2 atom stereocenters. The quantitative estimate of drug-likeness (QED) is 0.756. The van der Waals surface area contributed by atoms with Crippen molar-refractivity contribution >= 4 is 0 Å². The smallest absolute Gasteiger partial charge is 0.0588 e. The van der Waals surface area contributed by atoms with Crippen LogP contribution in [0.1, 0.15) is 19.0 Å². The summed E-state index contributed by atoms with van der Waals surface area (Å²) in [5.41, 5.74) is 1.28. The number of nitrogens with one attached hydrogen (secondary N) is 1. The van der Waals surface area contributed by atoms with E-state index in [2.05, 4.69) is 23.4 Å². The van der Waals surface area contributed by atoms with Crippen molar-refractivity contribution in [3.8, 4) is 0 Å². The highest BCUT2D eigenvalue weighted by Gasteiger charge is 2.23. The molecule has 1 aliphatic heterocycles. The normalized spacial score (nSPS) is 25.1. The van der Waals surface area contributed by atoms with Crippen LogP contribution in [0.25, 0.3) is 0 Å². The maximum atomic E-state index is 5.53. The summed E-state index contributed by atoms with van der Waals surface area (Å²) in [7, 11) is 1.99. The molecule has 0 radical (unpaired) electrons. The van der Waals surface area contributed by atoms with E-state index in [1.165, 1.54) is 12.1 Å². The van der Waals surface area contributed by atoms with Gasteiger partial charge in [0.2, 0.25) is 0 Å². The molecule has 1 fully saturated rings. The number of ether oxygens (including phenoxy) is 1. The molecule has 0 bridgehead atoms. The first-order valence-corrected chi connectivity index (χ1v) is 6.06. The molecule has 0 amide bonds. The van der Waals surface area contributed by atoms with E-state index >= 15 is 0 Å². The van der Waals surface area contributed by atoms with Gasteiger partial charge in [-0.25, -0.2) is 0 Å². The molecule has 2 heterocycles. The second-order valence-corrected chi connectivity index (χ2v) is 4.52. The maximum absolute atomic E-state index is 5.53. The summed E-state index contributed by atoms with van der Waals surface area (Å²) in [6.45, 7) is 5.18. The molecule has 1 N–H and O–H groups in total. The second-order valence-electron chi connectivity index (χ2n) is 4.52. The summed E-state index contributed by atoms with van der Waals surface area (Å²) in [6, 6.07) is 2.07. The highest BCUT2D eigenvalue weighted by atomic mass is 16.5. The number of hydrogen-bond acceptors (Lipinski definition) is 3. The van der Waals surface area contributed by atoms with E-state index in [0.29, 0.717) is 12.0 Å². The summed E-state index contributed by atoms with van der Waals surface area (Å²) in [5.74, 6) is 0.687. The first kappa shape index (κ1) is 11.6. The fraction of sp³-hybridized carbons (Fsp3) is 0.750. The van der Waals surface area contributed by atoms with E-state index in [-0.39, 0.29) is 0 Å². The van der Waals surface area contributed by atoms with Crippen LogP contribution in [0.2, 0.25) is 0 Å². The summed E-state index contributed by atoms with van der Waals surface area (Å²) in [6.07, 6.45) is 4.50. The summed E-state index contributed by atoms with van der Waals surface area (Å²) in [4.78, 5) is 0. The van der Waals surface area contributed by atoms with Crippen molar-refractivity contribution < 1.29 is 4.74 Å². The fourth-order valence-corrected chi connectivity index (χ4v) is 2.19. The molecule has 2 unspecified atom stereocenters. The van der Waals surface area contributed by atoms with E-state index in [0.717, 1.165) is 26.1 Å². The Bertz CT molecular complexity index is 324. The molecular weight excluding hydrogens is 202 g/mol. The van der Waals surface area contributed by atoms with Crippen molar-refractivity contribution in [1.82, 2.24) is 15.1 Å². The van der Waals surface area contributed by atoms with Crippen LogP contribution in [-0.4, -0.2) is 35.6 Å². The molecule has 4 nitrogen and oxygen atoms in total. The SMILES string of the molecule is CC1OCCC1CNCCc1ccnn1C. The Balaban J connectivity index is 1.63. The lowest BCUT2D eigenvalue weighted by Gasteiger charge is -2.14. The Labute approximate surface area is 97.0 Å². The molecule has 1 aliphatic rings. The van der Waals surface area contributed by atoms with Crippen LogP contribution in [0.5, 0.6) is 0 Å². The summed E-state index contributed by atoms with van der Waals surface area (Å²) >= 11 is 0. The number of nitrogens with zero attached hydrogens (tertiary/aromatic N) is 2. The minimum Gasteiger partial charge on any atom is -0.378 e. The lowest BCUT2D eigenvalue weighted by atomic mass is 10.0. The monoisotopic (exact) mass is 223 g/mol. The molecule has 1 aromatic heterocycles. The largest absolute Gasteiger partial charge is 0.378 e. The fourth-order valence-electron chi connectivity index (χ4n) is 2.19. The van der Waals surface area contributed by atoms with Crippen LogP contribution in [0.4, 0.5) is 0 Å². The minimum absolute atomic E-state index is 0.421. The molecule has 0 aliphatic carbocycles. The molecule has 2 rings (SSSR count). The van der Waals surface area contributed by atoms with E-state index in [1.807, 2.05) is 17.9 Å².